The quantitative estimate of drug-likeness (QED) is 0.647. The summed E-state index contributed by atoms with van der Waals surface area (Å²) in [5.41, 5.74) is 0. The highest BCUT2D eigenvalue weighted by atomic mass is 16.5. The summed E-state index contributed by atoms with van der Waals surface area (Å²) in [6.45, 7) is 2.90. The minimum atomic E-state index is -0.188. The summed E-state index contributed by atoms with van der Waals surface area (Å²) < 4.78 is 5.32. The van der Waals surface area contributed by atoms with Crippen molar-refractivity contribution in [1.82, 2.24) is 0 Å². The van der Waals surface area contributed by atoms with Crippen molar-refractivity contribution < 1.29 is 9.84 Å². The maximum atomic E-state index is 9.29. The average molecular weight is 144 g/mol. The van der Waals surface area contributed by atoms with Crippen molar-refractivity contribution in [1.29, 1.82) is 0 Å². The highest BCUT2D eigenvalue weighted by molar-refractivity contribution is 4.74. The standard InChI is InChI=1S/C8H16O2/c1-2-3-4-8-7(9)5-6-10-8/h7-9H,2-6H2,1H3/t7-,8+/m0/s1. The van der Waals surface area contributed by atoms with E-state index in [0.29, 0.717) is 0 Å². The second-order valence-corrected chi connectivity index (χ2v) is 2.91. The Kier molecular flexibility index (Phi) is 3.16. The molecule has 0 aromatic carbocycles. The van der Waals surface area contributed by atoms with Crippen LogP contribution in [0.4, 0.5) is 0 Å². The summed E-state index contributed by atoms with van der Waals surface area (Å²) in [6, 6.07) is 0. The van der Waals surface area contributed by atoms with Crippen molar-refractivity contribution in [3.05, 3.63) is 0 Å². The van der Waals surface area contributed by atoms with Crippen LogP contribution >= 0.6 is 0 Å². The molecule has 0 aromatic heterocycles. The van der Waals surface area contributed by atoms with E-state index in [4.69, 9.17) is 4.74 Å². The third kappa shape index (κ3) is 1.96. The second kappa shape index (κ2) is 3.94. The zero-order valence-electron chi connectivity index (χ0n) is 6.55. The van der Waals surface area contributed by atoms with E-state index in [2.05, 4.69) is 6.92 Å². The lowest BCUT2D eigenvalue weighted by Gasteiger charge is -2.11. The van der Waals surface area contributed by atoms with E-state index in [1.165, 1.54) is 12.8 Å². The number of rotatable bonds is 3. The average Bonchev–Trinajstić information content (AvgIpc) is 2.31. The molecule has 2 atom stereocenters. The summed E-state index contributed by atoms with van der Waals surface area (Å²) in [5, 5.41) is 9.29. The van der Waals surface area contributed by atoms with Gasteiger partial charge in [0.1, 0.15) is 0 Å². The van der Waals surface area contributed by atoms with Crippen LogP contribution in [0.25, 0.3) is 0 Å². The van der Waals surface area contributed by atoms with Gasteiger partial charge in [0.25, 0.3) is 0 Å². The van der Waals surface area contributed by atoms with Gasteiger partial charge in [-0.1, -0.05) is 19.8 Å². The largest absolute Gasteiger partial charge is 0.390 e. The molecule has 0 unspecified atom stereocenters. The highest BCUT2D eigenvalue weighted by Gasteiger charge is 2.24. The van der Waals surface area contributed by atoms with E-state index in [1.54, 1.807) is 0 Å². The highest BCUT2D eigenvalue weighted by Crippen LogP contribution is 2.18. The van der Waals surface area contributed by atoms with Gasteiger partial charge >= 0.3 is 0 Å². The molecule has 1 rings (SSSR count). The van der Waals surface area contributed by atoms with Gasteiger partial charge < -0.3 is 9.84 Å². The van der Waals surface area contributed by atoms with Crippen LogP contribution in [-0.2, 0) is 4.74 Å². The Morgan fingerprint density at radius 2 is 2.40 bits per heavy atom. The molecule has 1 aliphatic heterocycles. The lowest BCUT2D eigenvalue weighted by atomic mass is 10.1. The Morgan fingerprint density at radius 3 is 2.90 bits per heavy atom. The summed E-state index contributed by atoms with van der Waals surface area (Å²) in [4.78, 5) is 0. The number of hydrogen-bond acceptors (Lipinski definition) is 2. The Labute approximate surface area is 62.2 Å². The van der Waals surface area contributed by atoms with Crippen LogP contribution in [0.2, 0.25) is 0 Å². The molecule has 0 amide bonds. The first-order valence-corrected chi connectivity index (χ1v) is 4.14. The molecule has 2 heteroatoms. The second-order valence-electron chi connectivity index (χ2n) is 2.91. The Hall–Kier alpha value is -0.0800. The molecule has 0 aliphatic carbocycles. The number of aliphatic hydroxyl groups excluding tert-OH is 1. The van der Waals surface area contributed by atoms with E-state index >= 15 is 0 Å². The molecule has 0 radical (unpaired) electrons. The molecule has 60 valence electrons. The van der Waals surface area contributed by atoms with Gasteiger partial charge in [-0.25, -0.2) is 0 Å². The van der Waals surface area contributed by atoms with Gasteiger partial charge in [0, 0.05) is 6.61 Å². The number of unbranched alkanes of at least 4 members (excludes halogenated alkanes) is 1. The normalized spacial score (nSPS) is 33.0. The first kappa shape index (κ1) is 8.02. The van der Waals surface area contributed by atoms with Crippen LogP contribution in [0, 0.1) is 0 Å². The zero-order valence-corrected chi connectivity index (χ0v) is 6.55. The minimum Gasteiger partial charge on any atom is -0.390 e. The summed E-state index contributed by atoms with van der Waals surface area (Å²) in [7, 11) is 0. The molecule has 2 nitrogen and oxygen atoms in total. The lowest BCUT2D eigenvalue weighted by molar-refractivity contribution is 0.0355. The first-order valence-electron chi connectivity index (χ1n) is 4.14. The summed E-state index contributed by atoms with van der Waals surface area (Å²) in [6.07, 6.45) is 4.16. The summed E-state index contributed by atoms with van der Waals surface area (Å²) >= 11 is 0. The maximum Gasteiger partial charge on any atom is 0.0834 e. The molecule has 0 aromatic rings. The summed E-state index contributed by atoms with van der Waals surface area (Å²) in [5.74, 6) is 0. The van der Waals surface area contributed by atoms with E-state index in [-0.39, 0.29) is 12.2 Å². The van der Waals surface area contributed by atoms with Crippen molar-refractivity contribution in [2.75, 3.05) is 6.61 Å². The Morgan fingerprint density at radius 1 is 1.60 bits per heavy atom. The van der Waals surface area contributed by atoms with E-state index in [0.717, 1.165) is 19.4 Å². The zero-order chi connectivity index (χ0) is 7.40. The van der Waals surface area contributed by atoms with Gasteiger partial charge in [-0.05, 0) is 12.8 Å². The SMILES string of the molecule is CCCC[C@H]1OCC[C@@H]1O. The van der Waals surface area contributed by atoms with Gasteiger partial charge in [-0.2, -0.15) is 0 Å². The molecular weight excluding hydrogens is 128 g/mol. The van der Waals surface area contributed by atoms with Crippen LogP contribution in [0.15, 0.2) is 0 Å². The first-order chi connectivity index (χ1) is 4.84. The van der Waals surface area contributed by atoms with Crippen molar-refractivity contribution >= 4 is 0 Å². The van der Waals surface area contributed by atoms with Crippen molar-refractivity contribution in [3.63, 3.8) is 0 Å². The fraction of sp³-hybridized carbons (Fsp3) is 1.00. The molecule has 1 N–H and O–H groups in total. The van der Waals surface area contributed by atoms with Crippen molar-refractivity contribution in [2.24, 2.45) is 0 Å². The predicted molar refractivity (Wildman–Crippen MR) is 39.9 cm³/mol. The van der Waals surface area contributed by atoms with Crippen LogP contribution < -0.4 is 0 Å². The minimum absolute atomic E-state index is 0.139. The molecule has 0 saturated carbocycles. The topological polar surface area (TPSA) is 29.5 Å². The molecule has 0 spiro atoms. The Balaban J connectivity index is 2.14. The van der Waals surface area contributed by atoms with Crippen molar-refractivity contribution in [3.8, 4) is 0 Å². The van der Waals surface area contributed by atoms with Crippen LogP contribution in [0.5, 0.6) is 0 Å². The molecule has 1 saturated heterocycles. The lowest BCUT2D eigenvalue weighted by Crippen LogP contribution is -2.20. The van der Waals surface area contributed by atoms with Gasteiger partial charge in [-0.3, -0.25) is 0 Å². The Bertz CT molecular complexity index is 93.3. The van der Waals surface area contributed by atoms with Gasteiger partial charge in [0.05, 0.1) is 12.2 Å². The third-order valence-electron chi connectivity index (χ3n) is 2.02. The molecular formula is C8H16O2. The van der Waals surface area contributed by atoms with Gasteiger partial charge in [0.15, 0.2) is 0 Å². The third-order valence-corrected chi connectivity index (χ3v) is 2.02. The molecule has 1 heterocycles. The maximum absolute atomic E-state index is 9.29. The smallest absolute Gasteiger partial charge is 0.0834 e. The molecule has 1 aliphatic rings. The fourth-order valence-corrected chi connectivity index (χ4v) is 1.32. The van der Waals surface area contributed by atoms with Gasteiger partial charge in [0.2, 0.25) is 0 Å². The van der Waals surface area contributed by atoms with Crippen molar-refractivity contribution in [2.45, 2.75) is 44.8 Å². The van der Waals surface area contributed by atoms with Crippen LogP contribution in [-0.4, -0.2) is 23.9 Å². The molecule has 10 heavy (non-hydrogen) atoms. The van der Waals surface area contributed by atoms with Gasteiger partial charge in [-0.15, -0.1) is 0 Å². The van der Waals surface area contributed by atoms with E-state index < -0.39 is 0 Å². The number of hydrogen-bond donors (Lipinski definition) is 1. The number of aliphatic hydroxyl groups is 1. The van der Waals surface area contributed by atoms with E-state index in [9.17, 15) is 5.11 Å². The number of ether oxygens (including phenoxy) is 1. The fourth-order valence-electron chi connectivity index (χ4n) is 1.32. The predicted octanol–water partition coefficient (Wildman–Crippen LogP) is 1.33. The monoisotopic (exact) mass is 144 g/mol. The van der Waals surface area contributed by atoms with E-state index in [1.807, 2.05) is 0 Å². The molecule has 0 bridgehead atoms. The van der Waals surface area contributed by atoms with Crippen LogP contribution in [0.3, 0.4) is 0 Å². The molecule has 1 fully saturated rings. The van der Waals surface area contributed by atoms with Crippen LogP contribution in [0.1, 0.15) is 32.6 Å².